The molecule has 2 aliphatic heterocycles. The summed E-state index contributed by atoms with van der Waals surface area (Å²) in [5.74, 6) is -0.0609. The van der Waals surface area contributed by atoms with Gasteiger partial charge in [-0.25, -0.2) is 13.4 Å². The standard InChI is InChI=1S/C18H22N4O3S/c23-18(22-11-8-15-6-2-3-7-16(15)22)13-20-12-17(19-14-20)26(24,25)21-9-4-1-5-10-21/h2-3,6-7,12,14H,1,4-5,8-11,13H2. The van der Waals surface area contributed by atoms with Crippen LogP contribution < -0.4 is 4.90 Å². The van der Waals surface area contributed by atoms with Gasteiger partial charge in [0.25, 0.3) is 10.0 Å². The average molecular weight is 374 g/mol. The third-order valence-corrected chi connectivity index (χ3v) is 6.82. The number of carbonyl (C=O) groups is 1. The Bertz CT molecular complexity index is 916. The minimum Gasteiger partial charge on any atom is -0.327 e. The molecule has 7 nitrogen and oxygen atoms in total. The SMILES string of the molecule is O=C(Cn1cnc(S(=O)(=O)N2CCCCC2)c1)N1CCc2ccccc21. The fourth-order valence-electron chi connectivity index (χ4n) is 3.64. The quantitative estimate of drug-likeness (QED) is 0.815. The summed E-state index contributed by atoms with van der Waals surface area (Å²) in [5, 5.41) is 0.0222. The van der Waals surface area contributed by atoms with Crippen molar-refractivity contribution < 1.29 is 13.2 Å². The van der Waals surface area contributed by atoms with Crippen molar-refractivity contribution >= 4 is 21.6 Å². The minimum atomic E-state index is -3.57. The fourth-order valence-corrected chi connectivity index (χ4v) is 5.09. The number of fused-ring (bicyclic) bond motifs is 1. The van der Waals surface area contributed by atoms with E-state index >= 15 is 0 Å². The number of nitrogens with zero attached hydrogens (tertiary/aromatic N) is 4. The summed E-state index contributed by atoms with van der Waals surface area (Å²) in [6.07, 6.45) is 6.56. The molecular weight excluding hydrogens is 352 g/mol. The molecule has 1 amide bonds. The third kappa shape index (κ3) is 3.14. The van der Waals surface area contributed by atoms with Crippen LogP contribution in [-0.4, -0.2) is 47.8 Å². The maximum absolute atomic E-state index is 12.7. The van der Waals surface area contributed by atoms with Gasteiger partial charge in [-0.15, -0.1) is 0 Å². The molecule has 4 rings (SSSR count). The first kappa shape index (κ1) is 17.2. The summed E-state index contributed by atoms with van der Waals surface area (Å²) in [6, 6.07) is 7.87. The van der Waals surface area contributed by atoms with E-state index in [0.29, 0.717) is 19.6 Å². The third-order valence-electron chi connectivity index (χ3n) is 5.03. The highest BCUT2D eigenvalue weighted by atomic mass is 32.2. The van der Waals surface area contributed by atoms with E-state index in [-0.39, 0.29) is 17.5 Å². The average Bonchev–Trinajstić information content (AvgIpc) is 3.29. The van der Waals surface area contributed by atoms with Gasteiger partial charge >= 0.3 is 0 Å². The van der Waals surface area contributed by atoms with E-state index in [1.165, 1.54) is 22.4 Å². The number of aromatic nitrogens is 2. The molecule has 0 spiro atoms. The van der Waals surface area contributed by atoms with E-state index in [1.807, 2.05) is 24.3 Å². The molecule has 26 heavy (non-hydrogen) atoms. The Morgan fingerprint density at radius 1 is 1.08 bits per heavy atom. The molecule has 0 radical (unpaired) electrons. The molecule has 2 aromatic rings. The summed E-state index contributed by atoms with van der Waals surface area (Å²) in [4.78, 5) is 18.5. The van der Waals surface area contributed by atoms with Crippen molar-refractivity contribution in [1.82, 2.24) is 13.9 Å². The van der Waals surface area contributed by atoms with E-state index < -0.39 is 10.0 Å². The molecule has 138 valence electrons. The van der Waals surface area contributed by atoms with Gasteiger partial charge in [0.2, 0.25) is 5.91 Å². The van der Waals surface area contributed by atoms with Gasteiger partial charge in [0.05, 0.1) is 6.33 Å². The van der Waals surface area contributed by atoms with Crippen molar-refractivity contribution in [1.29, 1.82) is 0 Å². The van der Waals surface area contributed by atoms with Gasteiger partial charge in [0, 0.05) is 31.5 Å². The van der Waals surface area contributed by atoms with E-state index in [9.17, 15) is 13.2 Å². The topological polar surface area (TPSA) is 75.5 Å². The van der Waals surface area contributed by atoms with Crippen LogP contribution >= 0.6 is 0 Å². The van der Waals surface area contributed by atoms with Crippen LogP contribution in [0.1, 0.15) is 24.8 Å². The van der Waals surface area contributed by atoms with Gasteiger partial charge in [0.1, 0.15) is 6.54 Å². The lowest BCUT2D eigenvalue weighted by Gasteiger charge is -2.24. The number of rotatable bonds is 4. The second-order valence-corrected chi connectivity index (χ2v) is 8.66. The molecular formula is C18H22N4O3S. The van der Waals surface area contributed by atoms with Gasteiger partial charge in [-0.1, -0.05) is 24.6 Å². The van der Waals surface area contributed by atoms with E-state index in [1.54, 1.807) is 9.47 Å². The highest BCUT2D eigenvalue weighted by molar-refractivity contribution is 7.89. The van der Waals surface area contributed by atoms with Crippen molar-refractivity contribution in [2.75, 3.05) is 24.5 Å². The molecule has 3 heterocycles. The highest BCUT2D eigenvalue weighted by Gasteiger charge is 2.29. The first-order valence-corrected chi connectivity index (χ1v) is 10.4. The molecule has 8 heteroatoms. The monoisotopic (exact) mass is 374 g/mol. The highest BCUT2D eigenvalue weighted by Crippen LogP contribution is 2.27. The summed E-state index contributed by atoms with van der Waals surface area (Å²) in [5.41, 5.74) is 2.11. The van der Waals surface area contributed by atoms with E-state index in [2.05, 4.69) is 4.98 Å². The number of amides is 1. The molecule has 0 atom stereocenters. The Balaban J connectivity index is 1.48. The molecule has 1 aromatic carbocycles. The zero-order valence-corrected chi connectivity index (χ0v) is 15.4. The molecule has 1 saturated heterocycles. The number of hydrogen-bond acceptors (Lipinski definition) is 4. The fraction of sp³-hybridized carbons (Fsp3) is 0.444. The maximum Gasteiger partial charge on any atom is 0.262 e. The lowest BCUT2D eigenvalue weighted by atomic mass is 10.2. The van der Waals surface area contributed by atoms with Gasteiger partial charge in [-0.2, -0.15) is 4.31 Å². The summed E-state index contributed by atoms with van der Waals surface area (Å²) >= 11 is 0. The Morgan fingerprint density at radius 3 is 2.65 bits per heavy atom. The van der Waals surface area contributed by atoms with Crippen LogP contribution in [0.15, 0.2) is 41.8 Å². The van der Waals surface area contributed by atoms with Crippen molar-refractivity contribution in [3.05, 3.63) is 42.4 Å². The Morgan fingerprint density at radius 2 is 1.85 bits per heavy atom. The minimum absolute atomic E-state index is 0.0222. The Kier molecular flexibility index (Phi) is 4.54. The molecule has 0 bridgehead atoms. The van der Waals surface area contributed by atoms with Crippen LogP contribution in [0.2, 0.25) is 0 Å². The van der Waals surface area contributed by atoms with Crippen LogP contribution in [0, 0.1) is 0 Å². The number of carbonyl (C=O) groups excluding carboxylic acids is 1. The molecule has 0 N–H and O–H groups in total. The Labute approximate surface area is 153 Å². The Hall–Kier alpha value is -2.19. The van der Waals surface area contributed by atoms with Gasteiger partial charge in [-0.3, -0.25) is 4.79 Å². The van der Waals surface area contributed by atoms with E-state index in [4.69, 9.17) is 0 Å². The van der Waals surface area contributed by atoms with Crippen LogP contribution in [0.3, 0.4) is 0 Å². The maximum atomic E-state index is 12.7. The number of para-hydroxylation sites is 1. The lowest BCUT2D eigenvalue weighted by Crippen LogP contribution is -2.35. The van der Waals surface area contributed by atoms with Crippen molar-refractivity contribution in [2.24, 2.45) is 0 Å². The van der Waals surface area contributed by atoms with Crippen LogP contribution in [0.5, 0.6) is 0 Å². The van der Waals surface area contributed by atoms with Gasteiger partial charge in [-0.05, 0) is 30.9 Å². The lowest BCUT2D eigenvalue weighted by molar-refractivity contribution is -0.119. The largest absolute Gasteiger partial charge is 0.327 e. The summed E-state index contributed by atoms with van der Waals surface area (Å²) < 4.78 is 28.4. The molecule has 1 fully saturated rings. The predicted molar refractivity (Wildman–Crippen MR) is 97.3 cm³/mol. The molecule has 1 aromatic heterocycles. The van der Waals surface area contributed by atoms with Crippen LogP contribution in [0.25, 0.3) is 0 Å². The predicted octanol–water partition coefficient (Wildman–Crippen LogP) is 1.65. The van der Waals surface area contributed by atoms with E-state index in [0.717, 1.165) is 31.4 Å². The molecule has 0 saturated carbocycles. The zero-order valence-electron chi connectivity index (χ0n) is 14.5. The number of anilines is 1. The number of imidazole rings is 1. The van der Waals surface area contributed by atoms with Crippen LogP contribution in [0.4, 0.5) is 5.69 Å². The first-order valence-electron chi connectivity index (χ1n) is 8.96. The van der Waals surface area contributed by atoms with Gasteiger partial charge < -0.3 is 9.47 Å². The normalized spacial score (nSPS) is 18.1. The summed E-state index contributed by atoms with van der Waals surface area (Å²) in [6.45, 7) is 1.82. The number of hydrogen-bond donors (Lipinski definition) is 0. The number of piperidine rings is 1. The van der Waals surface area contributed by atoms with Crippen molar-refractivity contribution in [3.63, 3.8) is 0 Å². The first-order chi connectivity index (χ1) is 12.6. The molecule has 0 aliphatic carbocycles. The van der Waals surface area contributed by atoms with Crippen molar-refractivity contribution in [3.8, 4) is 0 Å². The van der Waals surface area contributed by atoms with Crippen molar-refractivity contribution in [2.45, 2.75) is 37.3 Å². The summed E-state index contributed by atoms with van der Waals surface area (Å²) in [7, 11) is -3.57. The van der Waals surface area contributed by atoms with Crippen LogP contribution in [-0.2, 0) is 27.8 Å². The second-order valence-electron chi connectivity index (χ2n) is 6.77. The second kappa shape index (κ2) is 6.85. The van der Waals surface area contributed by atoms with Gasteiger partial charge in [0.15, 0.2) is 5.03 Å². The smallest absolute Gasteiger partial charge is 0.262 e. The molecule has 0 unspecified atom stereocenters. The number of benzene rings is 1. The molecule has 2 aliphatic rings. The number of sulfonamides is 1. The zero-order chi connectivity index (χ0) is 18.1.